The highest BCUT2D eigenvalue weighted by Gasteiger charge is 2.15. The van der Waals surface area contributed by atoms with Crippen molar-refractivity contribution >= 4 is 29.9 Å². The zero-order valence-corrected chi connectivity index (χ0v) is 18.2. The molecule has 6 nitrogen and oxygen atoms in total. The van der Waals surface area contributed by atoms with Crippen LogP contribution in [0.25, 0.3) is 0 Å². The Morgan fingerprint density at radius 3 is 2.77 bits per heavy atom. The molecule has 1 heterocycles. The number of benzene rings is 1. The summed E-state index contributed by atoms with van der Waals surface area (Å²) in [6.45, 7) is 7.22. The van der Waals surface area contributed by atoms with Crippen molar-refractivity contribution in [1.82, 2.24) is 10.6 Å². The summed E-state index contributed by atoms with van der Waals surface area (Å²) in [5, 5.41) is 6.68. The van der Waals surface area contributed by atoms with Gasteiger partial charge in [-0.15, -0.1) is 24.0 Å². The van der Waals surface area contributed by atoms with Gasteiger partial charge in [0.05, 0.1) is 19.3 Å². The Labute approximate surface area is 174 Å². The van der Waals surface area contributed by atoms with Crippen molar-refractivity contribution in [3.05, 3.63) is 35.4 Å². The molecule has 0 aromatic heterocycles. The van der Waals surface area contributed by atoms with Gasteiger partial charge in [0.25, 0.3) is 0 Å². The lowest BCUT2D eigenvalue weighted by atomic mass is 10.1. The van der Waals surface area contributed by atoms with Gasteiger partial charge in [0, 0.05) is 40.0 Å². The fraction of sp³-hybridized carbons (Fsp3) is 0.632. The number of ether oxygens (including phenoxy) is 3. The van der Waals surface area contributed by atoms with Gasteiger partial charge < -0.3 is 24.8 Å². The molecule has 0 aliphatic carbocycles. The largest absolute Gasteiger partial charge is 0.379 e. The molecule has 0 bridgehead atoms. The van der Waals surface area contributed by atoms with E-state index < -0.39 is 0 Å². The molecule has 0 amide bonds. The molecule has 1 aromatic rings. The second-order valence-corrected chi connectivity index (χ2v) is 5.97. The van der Waals surface area contributed by atoms with Crippen molar-refractivity contribution < 1.29 is 14.2 Å². The third-order valence-electron chi connectivity index (χ3n) is 4.10. The van der Waals surface area contributed by atoms with E-state index >= 15 is 0 Å². The number of hydrogen-bond donors (Lipinski definition) is 2. The molecule has 2 N–H and O–H groups in total. The van der Waals surface area contributed by atoms with Crippen LogP contribution in [0.3, 0.4) is 0 Å². The van der Waals surface area contributed by atoms with E-state index in [1.807, 2.05) is 19.1 Å². The molecule has 1 aliphatic heterocycles. The fourth-order valence-corrected chi connectivity index (χ4v) is 2.66. The van der Waals surface area contributed by atoms with Gasteiger partial charge in [0.2, 0.25) is 0 Å². The molecule has 0 radical (unpaired) electrons. The van der Waals surface area contributed by atoms with Crippen molar-refractivity contribution in [1.29, 1.82) is 0 Å². The molecule has 148 valence electrons. The Morgan fingerprint density at radius 1 is 1.27 bits per heavy atom. The molecule has 2 rings (SSSR count). The number of rotatable bonds is 10. The van der Waals surface area contributed by atoms with E-state index in [1.54, 1.807) is 7.05 Å². The SMILES string of the molecule is CCOCc1ccccc1CNC(=NC)NCCCOC1CCOC1.I. The van der Waals surface area contributed by atoms with Gasteiger partial charge in [-0.3, -0.25) is 4.99 Å². The van der Waals surface area contributed by atoms with Crippen LogP contribution in [0.15, 0.2) is 29.3 Å². The lowest BCUT2D eigenvalue weighted by Crippen LogP contribution is -2.37. The van der Waals surface area contributed by atoms with Crippen molar-refractivity contribution in [2.45, 2.75) is 39.0 Å². The monoisotopic (exact) mass is 477 g/mol. The van der Waals surface area contributed by atoms with Gasteiger partial charge in [-0.1, -0.05) is 24.3 Å². The summed E-state index contributed by atoms with van der Waals surface area (Å²) in [4.78, 5) is 4.27. The molecule has 1 saturated heterocycles. The van der Waals surface area contributed by atoms with Crippen LogP contribution in [-0.4, -0.2) is 52.1 Å². The van der Waals surface area contributed by atoms with Gasteiger partial charge in [-0.2, -0.15) is 0 Å². The van der Waals surface area contributed by atoms with E-state index in [1.165, 1.54) is 11.1 Å². The molecule has 0 spiro atoms. The van der Waals surface area contributed by atoms with Gasteiger partial charge in [-0.05, 0) is 30.9 Å². The van der Waals surface area contributed by atoms with Crippen LogP contribution >= 0.6 is 24.0 Å². The highest BCUT2D eigenvalue weighted by molar-refractivity contribution is 14.0. The lowest BCUT2D eigenvalue weighted by Gasteiger charge is -2.15. The number of aliphatic imine (C=N–C) groups is 1. The van der Waals surface area contributed by atoms with E-state index in [2.05, 4.69) is 27.8 Å². The topological polar surface area (TPSA) is 64.1 Å². The van der Waals surface area contributed by atoms with Crippen LogP contribution in [0.1, 0.15) is 30.9 Å². The van der Waals surface area contributed by atoms with Crippen LogP contribution in [-0.2, 0) is 27.4 Å². The van der Waals surface area contributed by atoms with Crippen LogP contribution in [0.4, 0.5) is 0 Å². The van der Waals surface area contributed by atoms with Crippen molar-refractivity contribution in [3.63, 3.8) is 0 Å². The summed E-state index contributed by atoms with van der Waals surface area (Å²) in [5.74, 6) is 0.801. The summed E-state index contributed by atoms with van der Waals surface area (Å²) in [6, 6.07) is 8.31. The smallest absolute Gasteiger partial charge is 0.191 e. The number of nitrogens with one attached hydrogen (secondary N) is 2. The summed E-state index contributed by atoms with van der Waals surface area (Å²) < 4.78 is 16.6. The molecule has 1 aliphatic rings. The minimum atomic E-state index is 0. The average Bonchev–Trinajstić information content (AvgIpc) is 3.16. The summed E-state index contributed by atoms with van der Waals surface area (Å²) in [6.07, 6.45) is 2.23. The third kappa shape index (κ3) is 8.66. The van der Waals surface area contributed by atoms with Gasteiger partial charge >= 0.3 is 0 Å². The number of halogens is 1. The number of guanidine groups is 1. The third-order valence-corrected chi connectivity index (χ3v) is 4.10. The first-order valence-corrected chi connectivity index (χ1v) is 9.12. The highest BCUT2D eigenvalue weighted by Crippen LogP contribution is 2.10. The first kappa shape index (κ1) is 23.1. The van der Waals surface area contributed by atoms with Gasteiger partial charge in [0.15, 0.2) is 5.96 Å². The van der Waals surface area contributed by atoms with Crippen LogP contribution in [0, 0.1) is 0 Å². The highest BCUT2D eigenvalue weighted by atomic mass is 127. The van der Waals surface area contributed by atoms with E-state index in [0.717, 1.165) is 58.3 Å². The van der Waals surface area contributed by atoms with Crippen LogP contribution < -0.4 is 10.6 Å². The molecule has 1 unspecified atom stereocenters. The minimum absolute atomic E-state index is 0. The standard InChI is InChI=1S/C19H31N3O3.HI/c1-3-23-14-17-8-5-4-7-16(17)13-22-19(20-2)21-10-6-11-25-18-9-12-24-15-18;/h4-5,7-8,18H,3,6,9-15H2,1-2H3,(H2,20,21,22);1H. The average molecular weight is 477 g/mol. The van der Waals surface area contributed by atoms with E-state index in [9.17, 15) is 0 Å². The Bertz CT molecular complexity index is 523. The first-order chi connectivity index (χ1) is 12.3. The maximum Gasteiger partial charge on any atom is 0.191 e. The zero-order valence-electron chi connectivity index (χ0n) is 15.8. The first-order valence-electron chi connectivity index (χ1n) is 9.12. The molecule has 1 aromatic carbocycles. The molecule has 0 saturated carbocycles. The molecule has 1 atom stereocenters. The van der Waals surface area contributed by atoms with Gasteiger partial charge in [0.1, 0.15) is 0 Å². The fourth-order valence-electron chi connectivity index (χ4n) is 2.66. The second kappa shape index (κ2) is 14.2. The Hall–Kier alpha value is -0.900. The molecular formula is C19H32IN3O3. The van der Waals surface area contributed by atoms with E-state index in [-0.39, 0.29) is 30.1 Å². The summed E-state index contributed by atoms with van der Waals surface area (Å²) >= 11 is 0. The second-order valence-electron chi connectivity index (χ2n) is 5.97. The van der Waals surface area contributed by atoms with E-state index in [0.29, 0.717) is 6.61 Å². The molecule has 7 heteroatoms. The molecular weight excluding hydrogens is 445 g/mol. The maximum absolute atomic E-state index is 5.76. The molecule has 1 fully saturated rings. The number of hydrogen-bond acceptors (Lipinski definition) is 4. The van der Waals surface area contributed by atoms with Crippen molar-refractivity contribution in [2.75, 3.05) is 40.0 Å². The number of nitrogens with zero attached hydrogens (tertiary/aromatic N) is 1. The van der Waals surface area contributed by atoms with Crippen LogP contribution in [0.2, 0.25) is 0 Å². The Balaban J connectivity index is 0.00000338. The predicted octanol–water partition coefficient (Wildman–Crippen LogP) is 2.70. The summed E-state index contributed by atoms with van der Waals surface area (Å²) in [5.41, 5.74) is 2.43. The zero-order chi connectivity index (χ0) is 17.7. The van der Waals surface area contributed by atoms with Crippen molar-refractivity contribution in [2.24, 2.45) is 4.99 Å². The van der Waals surface area contributed by atoms with Crippen LogP contribution in [0.5, 0.6) is 0 Å². The normalized spacial score (nSPS) is 17.0. The van der Waals surface area contributed by atoms with E-state index in [4.69, 9.17) is 14.2 Å². The Morgan fingerprint density at radius 2 is 2.08 bits per heavy atom. The van der Waals surface area contributed by atoms with Gasteiger partial charge in [-0.25, -0.2) is 0 Å². The Kier molecular flexibility index (Phi) is 12.6. The minimum Gasteiger partial charge on any atom is -0.379 e. The summed E-state index contributed by atoms with van der Waals surface area (Å²) in [7, 11) is 1.79. The quantitative estimate of drug-likeness (QED) is 0.235. The maximum atomic E-state index is 5.76. The molecule has 26 heavy (non-hydrogen) atoms. The lowest BCUT2D eigenvalue weighted by molar-refractivity contribution is 0.0420. The van der Waals surface area contributed by atoms with Crippen molar-refractivity contribution in [3.8, 4) is 0 Å². The predicted molar refractivity (Wildman–Crippen MR) is 115 cm³/mol.